The SMILES string of the molecule is C=C(C)C(=O)OC(C#N)c1ccccc1. The van der Waals surface area contributed by atoms with Crippen LogP contribution < -0.4 is 0 Å². The lowest BCUT2D eigenvalue weighted by Crippen LogP contribution is -2.10. The molecule has 0 saturated heterocycles. The van der Waals surface area contributed by atoms with Crippen molar-refractivity contribution in [2.75, 3.05) is 0 Å². The number of carbonyl (C=O) groups is 1. The second-order valence-electron chi connectivity index (χ2n) is 3.11. The molecule has 0 aliphatic heterocycles. The van der Waals surface area contributed by atoms with Gasteiger partial charge in [-0.3, -0.25) is 0 Å². The van der Waals surface area contributed by atoms with E-state index in [2.05, 4.69) is 6.58 Å². The average molecular weight is 201 g/mol. The van der Waals surface area contributed by atoms with Crippen molar-refractivity contribution in [3.8, 4) is 6.07 Å². The Bertz CT molecular complexity index is 403. The quantitative estimate of drug-likeness (QED) is 0.557. The van der Waals surface area contributed by atoms with Gasteiger partial charge in [0.05, 0.1) is 0 Å². The van der Waals surface area contributed by atoms with E-state index in [1.807, 2.05) is 12.1 Å². The predicted molar refractivity (Wildman–Crippen MR) is 55.7 cm³/mol. The first-order valence-electron chi connectivity index (χ1n) is 4.46. The maximum atomic E-state index is 11.2. The molecule has 3 heteroatoms. The van der Waals surface area contributed by atoms with Gasteiger partial charge in [-0.1, -0.05) is 36.9 Å². The third-order valence-corrected chi connectivity index (χ3v) is 1.79. The number of nitrogens with zero attached hydrogens (tertiary/aromatic N) is 1. The number of carbonyl (C=O) groups excluding carboxylic acids is 1. The Hall–Kier alpha value is -2.08. The van der Waals surface area contributed by atoms with Gasteiger partial charge < -0.3 is 4.74 Å². The van der Waals surface area contributed by atoms with Crippen molar-refractivity contribution in [2.24, 2.45) is 0 Å². The Morgan fingerprint density at radius 1 is 1.47 bits per heavy atom. The van der Waals surface area contributed by atoms with Gasteiger partial charge in [0.15, 0.2) is 0 Å². The van der Waals surface area contributed by atoms with Crippen LogP contribution >= 0.6 is 0 Å². The summed E-state index contributed by atoms with van der Waals surface area (Å²) in [7, 11) is 0. The van der Waals surface area contributed by atoms with Gasteiger partial charge in [-0.25, -0.2) is 4.79 Å². The first-order valence-corrected chi connectivity index (χ1v) is 4.46. The summed E-state index contributed by atoms with van der Waals surface area (Å²) in [5, 5.41) is 8.85. The first-order chi connectivity index (χ1) is 7.15. The molecule has 1 unspecified atom stereocenters. The normalized spacial score (nSPS) is 11.2. The van der Waals surface area contributed by atoms with Gasteiger partial charge in [0.2, 0.25) is 6.10 Å². The fraction of sp³-hybridized carbons (Fsp3) is 0.167. The Morgan fingerprint density at radius 3 is 2.53 bits per heavy atom. The molecule has 0 radical (unpaired) electrons. The third-order valence-electron chi connectivity index (χ3n) is 1.79. The molecule has 1 aromatic rings. The van der Waals surface area contributed by atoms with Gasteiger partial charge in [-0.05, 0) is 6.92 Å². The first kappa shape index (κ1) is 11.0. The molecule has 0 heterocycles. The van der Waals surface area contributed by atoms with Crippen LogP contribution in [0.25, 0.3) is 0 Å². The predicted octanol–water partition coefficient (Wildman–Crippen LogP) is 2.37. The van der Waals surface area contributed by atoms with Crippen LogP contribution in [-0.2, 0) is 9.53 Å². The molecular formula is C12H11NO2. The standard InChI is InChI=1S/C12H11NO2/c1-9(2)12(14)15-11(8-13)10-6-4-3-5-7-10/h3-7,11H,1H2,2H3. The van der Waals surface area contributed by atoms with E-state index in [1.54, 1.807) is 31.2 Å². The molecule has 0 aromatic heterocycles. The lowest BCUT2D eigenvalue weighted by Gasteiger charge is -2.10. The molecule has 0 spiro atoms. The van der Waals surface area contributed by atoms with Crippen LogP contribution in [-0.4, -0.2) is 5.97 Å². The Balaban J connectivity index is 2.79. The summed E-state index contributed by atoms with van der Waals surface area (Å²) in [6.07, 6.45) is -0.865. The molecule has 0 amide bonds. The summed E-state index contributed by atoms with van der Waals surface area (Å²) in [6, 6.07) is 10.8. The lowest BCUT2D eigenvalue weighted by atomic mass is 10.1. The highest BCUT2D eigenvalue weighted by Crippen LogP contribution is 2.17. The zero-order valence-corrected chi connectivity index (χ0v) is 8.43. The number of esters is 1. The van der Waals surface area contributed by atoms with Crippen LogP contribution in [0.1, 0.15) is 18.6 Å². The summed E-state index contributed by atoms with van der Waals surface area (Å²) in [4.78, 5) is 11.2. The molecule has 0 bridgehead atoms. The van der Waals surface area contributed by atoms with Crippen LogP contribution in [0.2, 0.25) is 0 Å². The van der Waals surface area contributed by atoms with Crippen LogP contribution in [0.4, 0.5) is 0 Å². The minimum Gasteiger partial charge on any atom is -0.439 e. The van der Waals surface area contributed by atoms with Gasteiger partial charge in [-0.15, -0.1) is 0 Å². The number of nitriles is 1. The van der Waals surface area contributed by atoms with E-state index < -0.39 is 12.1 Å². The number of benzene rings is 1. The zero-order chi connectivity index (χ0) is 11.3. The Kier molecular flexibility index (Phi) is 3.64. The molecule has 1 atom stereocenters. The molecule has 0 aliphatic rings. The number of hydrogen-bond donors (Lipinski definition) is 0. The number of ether oxygens (including phenoxy) is 1. The Morgan fingerprint density at radius 2 is 2.07 bits per heavy atom. The maximum Gasteiger partial charge on any atom is 0.334 e. The Labute approximate surface area is 88.6 Å². The van der Waals surface area contributed by atoms with Crippen molar-refractivity contribution in [1.29, 1.82) is 5.26 Å². The van der Waals surface area contributed by atoms with Gasteiger partial charge in [0.1, 0.15) is 6.07 Å². The van der Waals surface area contributed by atoms with Gasteiger partial charge in [0, 0.05) is 11.1 Å². The molecule has 3 nitrogen and oxygen atoms in total. The molecule has 1 rings (SSSR count). The largest absolute Gasteiger partial charge is 0.439 e. The second kappa shape index (κ2) is 4.97. The molecule has 0 aliphatic carbocycles. The van der Waals surface area contributed by atoms with Gasteiger partial charge >= 0.3 is 5.97 Å². The summed E-state index contributed by atoms with van der Waals surface area (Å²) in [6.45, 7) is 5.00. The monoisotopic (exact) mass is 201 g/mol. The average Bonchev–Trinajstić information content (AvgIpc) is 2.26. The minimum atomic E-state index is -0.865. The second-order valence-corrected chi connectivity index (χ2v) is 3.11. The maximum absolute atomic E-state index is 11.2. The van der Waals surface area contributed by atoms with Crippen molar-refractivity contribution < 1.29 is 9.53 Å². The minimum absolute atomic E-state index is 0.284. The van der Waals surface area contributed by atoms with Crippen molar-refractivity contribution in [2.45, 2.75) is 13.0 Å². The molecule has 0 fully saturated rings. The van der Waals surface area contributed by atoms with Crippen LogP contribution in [0.3, 0.4) is 0 Å². The van der Waals surface area contributed by atoms with Crippen LogP contribution in [0.15, 0.2) is 42.5 Å². The van der Waals surface area contributed by atoms with E-state index >= 15 is 0 Å². The van der Waals surface area contributed by atoms with E-state index in [1.165, 1.54) is 0 Å². The summed E-state index contributed by atoms with van der Waals surface area (Å²) in [5.41, 5.74) is 0.945. The summed E-state index contributed by atoms with van der Waals surface area (Å²) >= 11 is 0. The van der Waals surface area contributed by atoms with Gasteiger partial charge in [0.25, 0.3) is 0 Å². The fourth-order valence-electron chi connectivity index (χ4n) is 1.00. The molecule has 15 heavy (non-hydrogen) atoms. The summed E-state index contributed by atoms with van der Waals surface area (Å²) in [5.74, 6) is -0.551. The fourth-order valence-corrected chi connectivity index (χ4v) is 1.00. The lowest BCUT2D eigenvalue weighted by molar-refractivity contribution is -0.142. The van der Waals surface area contributed by atoms with Crippen LogP contribution in [0.5, 0.6) is 0 Å². The molecule has 0 saturated carbocycles. The van der Waals surface area contributed by atoms with E-state index in [4.69, 9.17) is 10.00 Å². The summed E-state index contributed by atoms with van der Waals surface area (Å²) < 4.78 is 4.95. The van der Waals surface area contributed by atoms with E-state index in [9.17, 15) is 4.79 Å². The van der Waals surface area contributed by atoms with Gasteiger partial charge in [-0.2, -0.15) is 5.26 Å². The van der Waals surface area contributed by atoms with E-state index in [0.717, 1.165) is 0 Å². The molecule has 0 N–H and O–H groups in total. The van der Waals surface area contributed by atoms with Crippen molar-refractivity contribution in [1.82, 2.24) is 0 Å². The smallest absolute Gasteiger partial charge is 0.334 e. The van der Waals surface area contributed by atoms with Crippen molar-refractivity contribution >= 4 is 5.97 Å². The highest BCUT2D eigenvalue weighted by Gasteiger charge is 2.15. The van der Waals surface area contributed by atoms with E-state index in [0.29, 0.717) is 5.56 Å². The molecule has 1 aromatic carbocycles. The highest BCUT2D eigenvalue weighted by atomic mass is 16.5. The molecular weight excluding hydrogens is 190 g/mol. The molecule has 76 valence electrons. The van der Waals surface area contributed by atoms with Crippen molar-refractivity contribution in [3.05, 3.63) is 48.0 Å². The number of rotatable bonds is 3. The zero-order valence-electron chi connectivity index (χ0n) is 8.43. The third kappa shape index (κ3) is 2.96. The van der Waals surface area contributed by atoms with Crippen molar-refractivity contribution in [3.63, 3.8) is 0 Å². The van der Waals surface area contributed by atoms with Crippen LogP contribution in [0, 0.1) is 11.3 Å². The highest BCUT2D eigenvalue weighted by molar-refractivity contribution is 5.87. The topological polar surface area (TPSA) is 50.1 Å². The van der Waals surface area contributed by atoms with E-state index in [-0.39, 0.29) is 5.57 Å². The number of hydrogen-bond acceptors (Lipinski definition) is 3.